The van der Waals surface area contributed by atoms with Gasteiger partial charge in [0.05, 0.1) is 0 Å². The molecule has 12 heavy (non-hydrogen) atoms. The zero-order valence-corrected chi connectivity index (χ0v) is 7.37. The van der Waals surface area contributed by atoms with Gasteiger partial charge in [-0.3, -0.25) is 4.79 Å². The summed E-state index contributed by atoms with van der Waals surface area (Å²) in [5.41, 5.74) is 4.62. The van der Waals surface area contributed by atoms with Crippen molar-refractivity contribution in [2.45, 2.75) is 20.3 Å². The van der Waals surface area contributed by atoms with E-state index in [0.29, 0.717) is 0 Å². The van der Waals surface area contributed by atoms with Gasteiger partial charge in [-0.2, -0.15) is 0 Å². The van der Waals surface area contributed by atoms with Crippen molar-refractivity contribution < 1.29 is 19.4 Å². The van der Waals surface area contributed by atoms with Gasteiger partial charge in [-0.1, -0.05) is 20.3 Å². The summed E-state index contributed by atoms with van der Waals surface area (Å²) in [5, 5.41) is 7.95. The molecule has 0 unspecified atom stereocenters. The molecule has 0 rings (SSSR count). The zero-order chi connectivity index (χ0) is 9.98. The van der Waals surface area contributed by atoms with Gasteiger partial charge in [0, 0.05) is 0 Å². The Bertz CT molecular complexity index is 121. The van der Waals surface area contributed by atoms with Gasteiger partial charge >= 0.3 is 5.97 Å². The molecule has 0 heterocycles. The standard InChI is InChI=1S/C4H7NO4.C3H8/c5-3(6)1-9-2-4(7)8;1-3-2/h1-2H2,(H2,5,6)(H,7,8);3H2,1-2H3. The molecule has 1 amide bonds. The first kappa shape index (κ1) is 13.5. The molecule has 0 atom stereocenters. The Balaban J connectivity index is 0. The molecule has 0 aromatic heterocycles. The summed E-state index contributed by atoms with van der Waals surface area (Å²) in [6, 6.07) is 0. The van der Waals surface area contributed by atoms with Crippen molar-refractivity contribution in [3.8, 4) is 0 Å². The van der Waals surface area contributed by atoms with Crippen LogP contribution in [0.25, 0.3) is 0 Å². The summed E-state index contributed by atoms with van der Waals surface area (Å²) in [6.07, 6.45) is 1.25. The highest BCUT2D eigenvalue weighted by atomic mass is 16.5. The number of hydrogen-bond acceptors (Lipinski definition) is 3. The second-order valence-corrected chi connectivity index (χ2v) is 2.06. The van der Waals surface area contributed by atoms with Gasteiger partial charge in [0.2, 0.25) is 5.91 Å². The van der Waals surface area contributed by atoms with Gasteiger partial charge in [-0.25, -0.2) is 4.79 Å². The van der Waals surface area contributed by atoms with E-state index < -0.39 is 18.5 Å². The average molecular weight is 177 g/mol. The molecule has 0 spiro atoms. The third-order valence-corrected chi connectivity index (χ3v) is 0.470. The fourth-order valence-electron chi connectivity index (χ4n) is 0.239. The fraction of sp³-hybridized carbons (Fsp3) is 0.714. The summed E-state index contributed by atoms with van der Waals surface area (Å²) < 4.78 is 4.28. The van der Waals surface area contributed by atoms with Gasteiger partial charge in [0.15, 0.2) is 0 Å². The van der Waals surface area contributed by atoms with Crippen LogP contribution >= 0.6 is 0 Å². The van der Waals surface area contributed by atoms with Gasteiger partial charge in [-0.15, -0.1) is 0 Å². The SMILES string of the molecule is CCC.NC(=O)COCC(=O)O. The lowest BCUT2D eigenvalue weighted by Crippen LogP contribution is -2.20. The minimum Gasteiger partial charge on any atom is -0.480 e. The topological polar surface area (TPSA) is 89.6 Å². The Morgan fingerprint density at radius 1 is 1.33 bits per heavy atom. The highest BCUT2D eigenvalue weighted by molar-refractivity contribution is 5.75. The molecule has 0 fully saturated rings. The molecule has 5 nitrogen and oxygen atoms in total. The summed E-state index contributed by atoms with van der Waals surface area (Å²) in [7, 11) is 0. The van der Waals surface area contributed by atoms with Crippen LogP contribution in [0.2, 0.25) is 0 Å². The maximum atomic E-state index is 9.89. The lowest BCUT2D eigenvalue weighted by Gasteiger charge is -1.93. The first-order valence-electron chi connectivity index (χ1n) is 3.62. The molecular formula is C7H15NO4. The second-order valence-electron chi connectivity index (χ2n) is 2.06. The monoisotopic (exact) mass is 177 g/mol. The zero-order valence-electron chi connectivity index (χ0n) is 7.37. The van der Waals surface area contributed by atoms with Crippen molar-refractivity contribution in [3.63, 3.8) is 0 Å². The van der Waals surface area contributed by atoms with Gasteiger partial charge in [0.25, 0.3) is 0 Å². The molecule has 0 saturated heterocycles. The number of hydrogen-bond donors (Lipinski definition) is 2. The van der Waals surface area contributed by atoms with Crippen LogP contribution < -0.4 is 5.73 Å². The average Bonchev–Trinajstić information content (AvgIpc) is 1.87. The Morgan fingerprint density at radius 3 is 2.00 bits per heavy atom. The number of primary amides is 1. The lowest BCUT2D eigenvalue weighted by molar-refractivity contribution is -0.143. The number of amides is 1. The van der Waals surface area contributed by atoms with E-state index in [1.54, 1.807) is 0 Å². The highest BCUT2D eigenvalue weighted by Crippen LogP contribution is 1.71. The number of carboxylic acid groups (broad SMARTS) is 1. The summed E-state index contributed by atoms with van der Waals surface area (Å²) in [5.74, 6) is -1.78. The van der Waals surface area contributed by atoms with Crippen molar-refractivity contribution >= 4 is 11.9 Å². The number of nitrogens with two attached hydrogens (primary N) is 1. The Morgan fingerprint density at radius 2 is 1.75 bits per heavy atom. The smallest absolute Gasteiger partial charge is 0.329 e. The molecule has 5 heteroatoms. The van der Waals surface area contributed by atoms with Crippen LogP contribution in [0.3, 0.4) is 0 Å². The molecule has 3 N–H and O–H groups in total. The van der Waals surface area contributed by atoms with Crippen LogP contribution in [-0.2, 0) is 14.3 Å². The van der Waals surface area contributed by atoms with E-state index in [2.05, 4.69) is 24.3 Å². The van der Waals surface area contributed by atoms with E-state index >= 15 is 0 Å². The molecule has 0 radical (unpaired) electrons. The van der Waals surface area contributed by atoms with Crippen molar-refractivity contribution in [2.75, 3.05) is 13.2 Å². The van der Waals surface area contributed by atoms with E-state index in [4.69, 9.17) is 5.11 Å². The van der Waals surface area contributed by atoms with Crippen LogP contribution in [0.5, 0.6) is 0 Å². The Labute approximate surface area is 71.5 Å². The quantitative estimate of drug-likeness (QED) is 0.632. The Hall–Kier alpha value is -1.10. The molecule has 0 aromatic carbocycles. The summed E-state index contributed by atoms with van der Waals surface area (Å²) in [6.45, 7) is 3.43. The molecule has 0 aliphatic rings. The van der Waals surface area contributed by atoms with E-state index in [9.17, 15) is 9.59 Å². The number of aliphatic carboxylic acids is 1. The summed E-state index contributed by atoms with van der Waals surface area (Å²) in [4.78, 5) is 19.6. The molecule has 0 aromatic rings. The minimum atomic E-state index is -1.11. The van der Waals surface area contributed by atoms with Gasteiger partial charge in [-0.05, 0) is 0 Å². The first-order chi connectivity index (χ1) is 5.54. The largest absolute Gasteiger partial charge is 0.480 e. The number of ether oxygens (including phenoxy) is 1. The minimum absolute atomic E-state index is 0.341. The van der Waals surface area contributed by atoms with Crippen molar-refractivity contribution in [3.05, 3.63) is 0 Å². The van der Waals surface area contributed by atoms with Crippen molar-refractivity contribution in [2.24, 2.45) is 5.73 Å². The van der Waals surface area contributed by atoms with E-state index in [-0.39, 0.29) is 6.61 Å². The van der Waals surface area contributed by atoms with Gasteiger partial charge in [0.1, 0.15) is 13.2 Å². The maximum Gasteiger partial charge on any atom is 0.329 e. The van der Waals surface area contributed by atoms with Crippen LogP contribution in [0.1, 0.15) is 20.3 Å². The van der Waals surface area contributed by atoms with Crippen molar-refractivity contribution in [1.82, 2.24) is 0 Å². The van der Waals surface area contributed by atoms with Crippen LogP contribution in [0, 0.1) is 0 Å². The van der Waals surface area contributed by atoms with Crippen LogP contribution in [-0.4, -0.2) is 30.2 Å². The second kappa shape index (κ2) is 9.90. The predicted octanol–water partition coefficient (Wildman–Crippen LogP) is -0.0108. The number of rotatable bonds is 4. The third-order valence-electron chi connectivity index (χ3n) is 0.470. The molecular weight excluding hydrogens is 162 g/mol. The first-order valence-corrected chi connectivity index (χ1v) is 3.62. The number of carboxylic acids is 1. The summed E-state index contributed by atoms with van der Waals surface area (Å²) >= 11 is 0. The number of carbonyl (C=O) groups is 2. The van der Waals surface area contributed by atoms with Crippen LogP contribution in [0.15, 0.2) is 0 Å². The number of carbonyl (C=O) groups excluding carboxylic acids is 1. The molecule has 0 aliphatic heterocycles. The molecule has 0 aliphatic carbocycles. The normalized spacial score (nSPS) is 8.17. The van der Waals surface area contributed by atoms with Gasteiger partial charge < -0.3 is 15.6 Å². The van der Waals surface area contributed by atoms with E-state index in [0.717, 1.165) is 0 Å². The highest BCUT2D eigenvalue weighted by Gasteiger charge is 1.97. The molecule has 0 saturated carbocycles. The third kappa shape index (κ3) is 23.1. The molecule has 72 valence electrons. The fourth-order valence-corrected chi connectivity index (χ4v) is 0.239. The van der Waals surface area contributed by atoms with E-state index in [1.807, 2.05) is 0 Å². The van der Waals surface area contributed by atoms with Crippen LogP contribution in [0.4, 0.5) is 0 Å². The lowest BCUT2D eigenvalue weighted by atomic mass is 10.6. The Kier molecular flexibility index (Phi) is 11.1. The van der Waals surface area contributed by atoms with E-state index in [1.165, 1.54) is 6.42 Å². The van der Waals surface area contributed by atoms with Crippen molar-refractivity contribution in [1.29, 1.82) is 0 Å². The molecule has 0 bridgehead atoms. The maximum absolute atomic E-state index is 9.89. The predicted molar refractivity (Wildman–Crippen MR) is 43.6 cm³/mol.